The molecule has 1 unspecified atom stereocenters. The Hall–Kier alpha value is -7.32. The summed E-state index contributed by atoms with van der Waals surface area (Å²) in [6.07, 6.45) is 3.55. The van der Waals surface area contributed by atoms with Crippen LogP contribution >= 0.6 is 0 Å². The van der Waals surface area contributed by atoms with Gasteiger partial charge in [-0.15, -0.1) is 0 Å². The summed E-state index contributed by atoms with van der Waals surface area (Å²) in [5, 5.41) is 8.72. The van der Waals surface area contributed by atoms with Crippen molar-refractivity contribution in [2.24, 2.45) is 5.92 Å². The largest absolute Gasteiger partial charge is 0.378 e. The molecule has 1 atom stereocenters. The van der Waals surface area contributed by atoms with E-state index in [-0.39, 0.29) is 41.6 Å². The van der Waals surface area contributed by atoms with Gasteiger partial charge in [0.25, 0.3) is 11.8 Å². The Morgan fingerprint density at radius 2 is 1.66 bits per heavy atom. The number of carbonyl (C=O) groups is 5. The highest BCUT2D eigenvalue weighted by atomic mass is 19.1. The number of rotatable bonds is 10. The van der Waals surface area contributed by atoms with Crippen LogP contribution in [0.15, 0.2) is 67.0 Å². The number of H-pyrrole nitrogens is 1. The molecule has 0 bridgehead atoms. The number of amides is 5. The van der Waals surface area contributed by atoms with E-state index in [1.54, 1.807) is 35.2 Å². The Morgan fingerprint density at radius 3 is 2.46 bits per heavy atom. The second-order valence-corrected chi connectivity index (χ2v) is 17.0. The fourth-order valence-corrected chi connectivity index (χ4v) is 9.49. The number of aromatic nitrogens is 6. The van der Waals surface area contributed by atoms with Gasteiger partial charge in [-0.2, -0.15) is 9.97 Å². The summed E-state index contributed by atoms with van der Waals surface area (Å²) in [4.78, 5) is 94.0. The number of nitrogens with one attached hydrogen (secondary N) is 4. The van der Waals surface area contributed by atoms with Crippen molar-refractivity contribution in [2.75, 3.05) is 72.9 Å². The van der Waals surface area contributed by atoms with Crippen LogP contribution in [-0.4, -0.2) is 133 Å². The molecular weight excluding hydrogens is 838 g/mol. The van der Waals surface area contributed by atoms with Crippen LogP contribution < -0.4 is 25.8 Å². The Balaban J connectivity index is 0.692. The number of hydrogen-bond acceptors (Lipinski definition) is 14. The van der Waals surface area contributed by atoms with Crippen LogP contribution in [0.1, 0.15) is 52.2 Å². The first-order chi connectivity index (χ1) is 31.6. The molecular formula is C45H44FN13O6. The quantitative estimate of drug-likeness (QED) is 0.146. The maximum Gasteiger partial charge on any atom is 0.262 e. The Kier molecular flexibility index (Phi) is 10.2. The van der Waals surface area contributed by atoms with Crippen molar-refractivity contribution < 1.29 is 33.1 Å². The molecule has 6 aromatic rings. The number of piperidine rings is 2. The number of imidazole rings is 2. The van der Waals surface area contributed by atoms with E-state index in [4.69, 9.17) is 19.7 Å². The van der Waals surface area contributed by atoms with Crippen molar-refractivity contribution >= 4 is 74.9 Å². The van der Waals surface area contributed by atoms with E-state index in [2.05, 4.69) is 40.6 Å². The maximum absolute atomic E-state index is 14.2. The number of hydrogen-bond donors (Lipinski definition) is 4. The molecule has 5 amide bonds. The van der Waals surface area contributed by atoms with Gasteiger partial charge in [-0.1, -0.05) is 6.07 Å². The van der Waals surface area contributed by atoms with Gasteiger partial charge in [-0.25, -0.2) is 14.4 Å². The third kappa shape index (κ3) is 7.56. The Morgan fingerprint density at radius 1 is 0.846 bits per heavy atom. The fourth-order valence-electron chi connectivity index (χ4n) is 9.49. The number of morpholine rings is 1. The molecule has 8 heterocycles. The molecule has 19 nitrogen and oxygen atoms in total. The lowest BCUT2D eigenvalue weighted by Gasteiger charge is -2.46. The number of aromatic amines is 1. The molecule has 3 aromatic heterocycles. The van der Waals surface area contributed by atoms with Crippen LogP contribution in [-0.2, 0) is 25.7 Å². The molecule has 11 rings (SSSR count). The number of anilines is 4. The first-order valence-electron chi connectivity index (χ1n) is 21.9. The molecule has 4 fully saturated rings. The standard InChI is InChI=1S/C45H44FN13O6/c46-26-2-1-3-30(18-26)58-24-48-38-39(53-45(54-40(38)58)56-14-16-65-17-15-56)47-21-36-50-33-7-4-27(19-34(33)51-36)49-41(61)25-22-57(23-25)28-10-12-55(13-11-28)29-5-6-31-32(20-29)44(64)59(43(31)63)35-8-9-37(60)52-42(35)62/h1-7,18-20,24-25,28,35H,8-17,21-23H2,(H,49,61)(H,50,51)(H,47,53,54)(H,52,60,62). The molecule has 4 N–H and O–H groups in total. The molecule has 0 radical (unpaired) electrons. The van der Waals surface area contributed by atoms with Gasteiger partial charge in [0, 0.05) is 63.1 Å². The predicted molar refractivity (Wildman–Crippen MR) is 235 cm³/mol. The summed E-state index contributed by atoms with van der Waals surface area (Å²) in [6.45, 7) is 5.50. The summed E-state index contributed by atoms with van der Waals surface area (Å²) >= 11 is 0. The number of ether oxygens (including phenoxy) is 1. The smallest absolute Gasteiger partial charge is 0.262 e. The molecule has 0 saturated carbocycles. The Bertz CT molecular complexity index is 2920. The normalized spacial score (nSPS) is 19.8. The molecule has 65 heavy (non-hydrogen) atoms. The summed E-state index contributed by atoms with van der Waals surface area (Å²) in [6, 6.07) is 16.4. The molecule has 20 heteroatoms. The van der Waals surface area contributed by atoms with Gasteiger partial charge in [-0.3, -0.25) is 43.7 Å². The van der Waals surface area contributed by atoms with Gasteiger partial charge in [-0.05, 0) is 73.9 Å². The molecule has 332 valence electrons. The van der Waals surface area contributed by atoms with Gasteiger partial charge < -0.3 is 30.2 Å². The SMILES string of the molecule is O=C1CCC(N2C(=O)c3ccc(N4CCC(N5CC(C(=O)Nc6ccc7nc(CNc8nc(N9CCOCC9)nc9c8ncn9-c8cccc(F)c8)[nH]c7c6)C5)CC4)cc3C2=O)C(=O)N1. The molecule has 5 aliphatic heterocycles. The van der Waals surface area contributed by atoms with Crippen molar-refractivity contribution in [3.8, 4) is 5.69 Å². The van der Waals surface area contributed by atoms with Crippen LogP contribution in [0.2, 0.25) is 0 Å². The highest BCUT2D eigenvalue weighted by molar-refractivity contribution is 6.23. The number of benzene rings is 3. The van der Waals surface area contributed by atoms with Gasteiger partial charge in [0.05, 0.1) is 53.5 Å². The van der Waals surface area contributed by atoms with E-state index in [0.29, 0.717) is 92.1 Å². The topological polar surface area (TPSA) is 216 Å². The summed E-state index contributed by atoms with van der Waals surface area (Å²) in [7, 11) is 0. The summed E-state index contributed by atoms with van der Waals surface area (Å²) < 4.78 is 21.5. The minimum absolute atomic E-state index is 0.0373. The van der Waals surface area contributed by atoms with Crippen molar-refractivity contribution in [1.82, 2.24) is 44.6 Å². The highest BCUT2D eigenvalue weighted by Crippen LogP contribution is 2.34. The lowest BCUT2D eigenvalue weighted by atomic mass is 9.92. The Labute approximate surface area is 370 Å². The molecule has 5 aliphatic rings. The second-order valence-electron chi connectivity index (χ2n) is 17.0. The third-order valence-electron chi connectivity index (χ3n) is 13.0. The first-order valence-corrected chi connectivity index (χ1v) is 21.9. The summed E-state index contributed by atoms with van der Waals surface area (Å²) in [5.41, 5.74) is 5.21. The van der Waals surface area contributed by atoms with Crippen LogP contribution in [0, 0.1) is 11.7 Å². The second kappa shape index (κ2) is 16.3. The van der Waals surface area contributed by atoms with Gasteiger partial charge in [0.1, 0.15) is 24.0 Å². The average Bonchev–Trinajstić information content (AvgIpc) is 3.99. The number of carbonyl (C=O) groups excluding carboxylic acids is 5. The van der Waals surface area contributed by atoms with Crippen molar-refractivity contribution in [1.29, 1.82) is 0 Å². The van der Waals surface area contributed by atoms with E-state index in [1.165, 1.54) is 12.1 Å². The van der Waals surface area contributed by atoms with E-state index < -0.39 is 29.7 Å². The fraction of sp³-hybridized carbons (Fsp3) is 0.356. The van der Waals surface area contributed by atoms with Gasteiger partial charge in [0.15, 0.2) is 17.0 Å². The highest BCUT2D eigenvalue weighted by Gasteiger charge is 2.45. The molecule has 0 aliphatic carbocycles. The predicted octanol–water partition coefficient (Wildman–Crippen LogP) is 3.22. The molecule has 3 aromatic carbocycles. The number of likely N-dealkylation sites (tertiary alicyclic amines) is 1. The van der Waals surface area contributed by atoms with Crippen LogP contribution in [0.3, 0.4) is 0 Å². The lowest BCUT2D eigenvalue weighted by molar-refractivity contribution is -0.136. The third-order valence-corrected chi connectivity index (χ3v) is 13.0. The first kappa shape index (κ1) is 40.5. The lowest BCUT2D eigenvalue weighted by Crippen LogP contribution is -2.58. The molecule has 4 saturated heterocycles. The van der Waals surface area contributed by atoms with E-state index in [9.17, 15) is 28.4 Å². The van der Waals surface area contributed by atoms with E-state index in [0.717, 1.165) is 47.6 Å². The average molecular weight is 882 g/mol. The minimum Gasteiger partial charge on any atom is -0.378 e. The number of nitrogens with zero attached hydrogens (tertiary/aromatic N) is 9. The van der Waals surface area contributed by atoms with Crippen LogP contribution in [0.4, 0.5) is 27.5 Å². The van der Waals surface area contributed by atoms with E-state index >= 15 is 0 Å². The zero-order valence-electron chi connectivity index (χ0n) is 35.1. The van der Waals surface area contributed by atoms with Crippen molar-refractivity contribution in [3.63, 3.8) is 0 Å². The van der Waals surface area contributed by atoms with Crippen molar-refractivity contribution in [2.45, 2.75) is 44.3 Å². The zero-order valence-corrected chi connectivity index (χ0v) is 35.1. The number of fused-ring (bicyclic) bond motifs is 3. The number of halogens is 1. The van der Waals surface area contributed by atoms with Gasteiger partial charge in [0.2, 0.25) is 23.7 Å². The van der Waals surface area contributed by atoms with E-state index in [1.807, 2.05) is 24.3 Å². The van der Waals surface area contributed by atoms with Crippen molar-refractivity contribution in [3.05, 3.63) is 89.8 Å². The zero-order chi connectivity index (χ0) is 44.3. The number of imide groups is 2. The monoisotopic (exact) mass is 881 g/mol. The van der Waals surface area contributed by atoms with Crippen LogP contribution in [0.5, 0.6) is 0 Å². The minimum atomic E-state index is -1.00. The summed E-state index contributed by atoms with van der Waals surface area (Å²) in [5.74, 6) is -0.932. The van der Waals surface area contributed by atoms with Crippen LogP contribution in [0.25, 0.3) is 27.9 Å². The maximum atomic E-state index is 14.2. The molecule has 0 spiro atoms. The van der Waals surface area contributed by atoms with Gasteiger partial charge >= 0.3 is 0 Å².